The number of aliphatic hydroxyl groups is 2. The fourth-order valence-corrected chi connectivity index (χ4v) is 2.17. The molecule has 0 saturated heterocycles. The first-order valence-electron chi connectivity index (χ1n) is 4.54. The molecule has 0 aliphatic heterocycles. The average Bonchev–Trinajstić information content (AvgIpc) is 2.35. The van der Waals surface area contributed by atoms with Gasteiger partial charge in [-0.3, -0.25) is 0 Å². The smallest absolute Gasteiger partial charge is 0.0618 e. The second-order valence-corrected chi connectivity index (χ2v) is 3.68. The van der Waals surface area contributed by atoms with Crippen molar-refractivity contribution >= 4 is 0 Å². The van der Waals surface area contributed by atoms with E-state index in [2.05, 4.69) is 6.92 Å². The summed E-state index contributed by atoms with van der Waals surface area (Å²) < 4.78 is 0. The highest BCUT2D eigenvalue weighted by atomic mass is 16.3. The molecule has 2 unspecified atom stereocenters. The normalized spacial score (nSPS) is 37.9. The number of hydrogen-bond donors (Lipinski definition) is 2. The Labute approximate surface area is 68.2 Å². The van der Waals surface area contributed by atoms with Gasteiger partial charge in [0.25, 0.3) is 0 Å². The molecule has 2 nitrogen and oxygen atoms in total. The van der Waals surface area contributed by atoms with Crippen LogP contribution in [0, 0.1) is 5.41 Å². The van der Waals surface area contributed by atoms with Crippen molar-refractivity contribution in [3.63, 3.8) is 0 Å². The largest absolute Gasteiger partial charge is 0.396 e. The lowest BCUT2D eigenvalue weighted by Gasteiger charge is -2.29. The highest BCUT2D eigenvalue weighted by Crippen LogP contribution is 2.41. The maximum atomic E-state index is 9.61. The first-order chi connectivity index (χ1) is 5.25. The van der Waals surface area contributed by atoms with Gasteiger partial charge in [0.1, 0.15) is 0 Å². The average molecular weight is 158 g/mol. The Morgan fingerprint density at radius 1 is 1.55 bits per heavy atom. The number of hydrogen-bond acceptors (Lipinski definition) is 2. The molecule has 1 aliphatic rings. The Balaban J connectivity index is 2.57. The molecular weight excluding hydrogens is 140 g/mol. The molecule has 66 valence electrons. The van der Waals surface area contributed by atoms with Gasteiger partial charge in [0, 0.05) is 5.41 Å². The van der Waals surface area contributed by atoms with E-state index in [1.165, 1.54) is 0 Å². The van der Waals surface area contributed by atoms with Crippen molar-refractivity contribution in [2.75, 3.05) is 6.61 Å². The first-order valence-corrected chi connectivity index (χ1v) is 4.54. The summed E-state index contributed by atoms with van der Waals surface area (Å²) in [6.07, 6.45) is 4.70. The molecule has 0 bridgehead atoms. The standard InChI is InChI=1S/C9H18O2/c1-2-5-9(7-10)6-3-4-8(9)11/h8,10-11H,2-7H2,1H3. The third-order valence-corrected chi connectivity index (χ3v) is 2.92. The van der Waals surface area contributed by atoms with E-state index in [-0.39, 0.29) is 18.1 Å². The van der Waals surface area contributed by atoms with Gasteiger partial charge < -0.3 is 10.2 Å². The maximum absolute atomic E-state index is 9.61. The van der Waals surface area contributed by atoms with E-state index in [1.54, 1.807) is 0 Å². The van der Waals surface area contributed by atoms with Gasteiger partial charge in [-0.1, -0.05) is 19.8 Å². The molecule has 1 rings (SSSR count). The van der Waals surface area contributed by atoms with Gasteiger partial charge in [-0.05, 0) is 19.3 Å². The summed E-state index contributed by atoms with van der Waals surface area (Å²) >= 11 is 0. The molecule has 1 fully saturated rings. The van der Waals surface area contributed by atoms with Gasteiger partial charge in [-0.15, -0.1) is 0 Å². The van der Waals surface area contributed by atoms with E-state index >= 15 is 0 Å². The van der Waals surface area contributed by atoms with Gasteiger partial charge >= 0.3 is 0 Å². The third-order valence-electron chi connectivity index (χ3n) is 2.92. The third kappa shape index (κ3) is 1.57. The van der Waals surface area contributed by atoms with Crippen LogP contribution in [-0.2, 0) is 0 Å². The maximum Gasteiger partial charge on any atom is 0.0618 e. The zero-order chi connectivity index (χ0) is 8.32. The predicted octanol–water partition coefficient (Wildman–Crippen LogP) is 1.31. The zero-order valence-corrected chi connectivity index (χ0v) is 7.21. The zero-order valence-electron chi connectivity index (χ0n) is 7.21. The summed E-state index contributed by atoms with van der Waals surface area (Å²) in [5, 5.41) is 18.8. The van der Waals surface area contributed by atoms with E-state index < -0.39 is 0 Å². The lowest BCUT2D eigenvalue weighted by Crippen LogP contribution is -2.33. The quantitative estimate of drug-likeness (QED) is 0.650. The second-order valence-electron chi connectivity index (χ2n) is 3.68. The van der Waals surface area contributed by atoms with E-state index in [1.807, 2.05) is 0 Å². The van der Waals surface area contributed by atoms with Gasteiger partial charge in [0.2, 0.25) is 0 Å². The van der Waals surface area contributed by atoms with E-state index in [9.17, 15) is 5.11 Å². The van der Waals surface area contributed by atoms with Crippen LogP contribution in [0.3, 0.4) is 0 Å². The molecular formula is C9H18O2. The minimum Gasteiger partial charge on any atom is -0.396 e. The van der Waals surface area contributed by atoms with Gasteiger partial charge in [0.15, 0.2) is 0 Å². The molecule has 2 atom stereocenters. The molecule has 0 heterocycles. The van der Waals surface area contributed by atoms with Gasteiger partial charge in [-0.2, -0.15) is 0 Å². The minimum absolute atomic E-state index is 0.144. The van der Waals surface area contributed by atoms with Crippen molar-refractivity contribution in [1.82, 2.24) is 0 Å². The molecule has 2 N–H and O–H groups in total. The molecule has 0 spiro atoms. The molecule has 1 aliphatic carbocycles. The van der Waals surface area contributed by atoms with Crippen LogP contribution >= 0.6 is 0 Å². The molecule has 11 heavy (non-hydrogen) atoms. The highest BCUT2D eigenvalue weighted by molar-refractivity contribution is 4.91. The minimum atomic E-state index is -0.257. The molecule has 0 aromatic rings. The van der Waals surface area contributed by atoms with E-state index in [0.717, 1.165) is 32.1 Å². The number of rotatable bonds is 3. The predicted molar refractivity (Wildman–Crippen MR) is 44.3 cm³/mol. The summed E-state index contributed by atoms with van der Waals surface area (Å²) in [5.74, 6) is 0. The number of aliphatic hydroxyl groups excluding tert-OH is 2. The van der Waals surface area contributed by atoms with E-state index in [4.69, 9.17) is 5.11 Å². The van der Waals surface area contributed by atoms with Gasteiger partial charge in [0.05, 0.1) is 12.7 Å². The van der Waals surface area contributed by atoms with Crippen LogP contribution < -0.4 is 0 Å². The van der Waals surface area contributed by atoms with E-state index in [0.29, 0.717) is 0 Å². The summed E-state index contributed by atoms with van der Waals surface area (Å²) in [4.78, 5) is 0. The SMILES string of the molecule is CCCC1(CO)CCCC1O. The molecule has 2 heteroatoms. The fraction of sp³-hybridized carbons (Fsp3) is 1.00. The van der Waals surface area contributed by atoms with Crippen LogP contribution in [0.1, 0.15) is 39.0 Å². The van der Waals surface area contributed by atoms with Crippen molar-refractivity contribution in [2.45, 2.75) is 45.1 Å². The molecule has 0 aromatic heterocycles. The summed E-state index contributed by atoms with van der Waals surface area (Å²) in [6, 6.07) is 0. The summed E-state index contributed by atoms with van der Waals surface area (Å²) in [7, 11) is 0. The Kier molecular flexibility index (Phi) is 2.90. The Hall–Kier alpha value is -0.0800. The Morgan fingerprint density at radius 3 is 2.64 bits per heavy atom. The van der Waals surface area contributed by atoms with Crippen LogP contribution in [-0.4, -0.2) is 22.9 Å². The van der Waals surface area contributed by atoms with Crippen LogP contribution in [0.4, 0.5) is 0 Å². The molecule has 0 radical (unpaired) electrons. The molecule has 1 saturated carbocycles. The van der Waals surface area contributed by atoms with Crippen molar-refractivity contribution in [1.29, 1.82) is 0 Å². The lowest BCUT2D eigenvalue weighted by molar-refractivity contribution is -0.0000815. The monoisotopic (exact) mass is 158 g/mol. The summed E-state index contributed by atoms with van der Waals surface area (Å²) in [6.45, 7) is 2.25. The molecule has 0 aromatic carbocycles. The lowest BCUT2D eigenvalue weighted by atomic mass is 9.81. The summed E-state index contributed by atoms with van der Waals surface area (Å²) in [5.41, 5.74) is -0.144. The van der Waals surface area contributed by atoms with Crippen molar-refractivity contribution in [3.8, 4) is 0 Å². The van der Waals surface area contributed by atoms with Crippen molar-refractivity contribution < 1.29 is 10.2 Å². The Morgan fingerprint density at radius 2 is 2.27 bits per heavy atom. The van der Waals surface area contributed by atoms with Crippen LogP contribution in [0.25, 0.3) is 0 Å². The Bertz CT molecular complexity index is 125. The second kappa shape index (κ2) is 3.55. The van der Waals surface area contributed by atoms with Crippen LogP contribution in [0.2, 0.25) is 0 Å². The van der Waals surface area contributed by atoms with Crippen molar-refractivity contribution in [3.05, 3.63) is 0 Å². The van der Waals surface area contributed by atoms with Gasteiger partial charge in [-0.25, -0.2) is 0 Å². The molecule has 0 amide bonds. The topological polar surface area (TPSA) is 40.5 Å². The fourth-order valence-electron chi connectivity index (χ4n) is 2.17. The van der Waals surface area contributed by atoms with Crippen LogP contribution in [0.5, 0.6) is 0 Å². The van der Waals surface area contributed by atoms with Crippen LogP contribution in [0.15, 0.2) is 0 Å². The highest BCUT2D eigenvalue weighted by Gasteiger charge is 2.40. The first kappa shape index (κ1) is 9.01. The van der Waals surface area contributed by atoms with Crippen molar-refractivity contribution in [2.24, 2.45) is 5.41 Å².